The van der Waals surface area contributed by atoms with Gasteiger partial charge in [0, 0.05) is 41.2 Å². The van der Waals surface area contributed by atoms with Crippen molar-refractivity contribution in [1.29, 1.82) is 0 Å². The monoisotopic (exact) mass is 334 g/mol. The van der Waals surface area contributed by atoms with Gasteiger partial charge in [0.25, 0.3) is 0 Å². The molecular formula is C16H22N4O2S. The van der Waals surface area contributed by atoms with Crippen LogP contribution in [0.3, 0.4) is 0 Å². The van der Waals surface area contributed by atoms with Crippen LogP contribution in [0, 0.1) is 0 Å². The summed E-state index contributed by atoms with van der Waals surface area (Å²) in [7, 11) is -0.939. The fraction of sp³-hybridized carbons (Fsp3) is 0.375. The van der Waals surface area contributed by atoms with Crippen LogP contribution in [-0.4, -0.2) is 38.1 Å². The summed E-state index contributed by atoms with van der Waals surface area (Å²) in [6, 6.07) is 9.05. The highest BCUT2D eigenvalue weighted by Gasteiger charge is 2.15. The Morgan fingerprint density at radius 3 is 2.65 bits per heavy atom. The molecule has 23 heavy (non-hydrogen) atoms. The van der Waals surface area contributed by atoms with Crippen molar-refractivity contribution in [3.8, 4) is 5.69 Å². The van der Waals surface area contributed by atoms with Gasteiger partial charge in [0.15, 0.2) is 0 Å². The van der Waals surface area contributed by atoms with E-state index in [0.717, 1.165) is 11.3 Å². The second-order valence-electron chi connectivity index (χ2n) is 5.49. The van der Waals surface area contributed by atoms with Crippen molar-refractivity contribution >= 4 is 16.8 Å². The molecule has 0 saturated heterocycles. The number of hydrogen-bond donors (Lipinski definition) is 2. The largest absolute Gasteiger partial charge is 0.335 e. The third-order valence-electron chi connectivity index (χ3n) is 3.36. The van der Waals surface area contributed by atoms with Crippen LogP contribution < -0.4 is 10.6 Å². The summed E-state index contributed by atoms with van der Waals surface area (Å²) in [5.74, 6) is 0.436. The number of amides is 2. The Hall–Kier alpha value is -2.15. The molecule has 0 radical (unpaired) electrons. The summed E-state index contributed by atoms with van der Waals surface area (Å²) in [6.45, 7) is 3.76. The summed E-state index contributed by atoms with van der Waals surface area (Å²) >= 11 is 0. The molecular weight excluding hydrogens is 312 g/mol. The molecule has 3 atom stereocenters. The van der Waals surface area contributed by atoms with Crippen molar-refractivity contribution in [2.24, 2.45) is 0 Å². The van der Waals surface area contributed by atoms with Crippen molar-refractivity contribution in [2.45, 2.75) is 25.9 Å². The van der Waals surface area contributed by atoms with Crippen LogP contribution in [0.5, 0.6) is 0 Å². The van der Waals surface area contributed by atoms with Gasteiger partial charge in [0.05, 0.1) is 11.7 Å². The first-order chi connectivity index (χ1) is 11.0. The van der Waals surface area contributed by atoms with E-state index in [1.54, 1.807) is 17.1 Å². The SMILES string of the molecule is C[C@H](C[S@@](C)=O)NC(=O)N[C@H](C)c1ccccc1-n1cccn1. The van der Waals surface area contributed by atoms with E-state index in [1.807, 2.05) is 50.4 Å². The van der Waals surface area contributed by atoms with Gasteiger partial charge in [-0.15, -0.1) is 0 Å². The maximum Gasteiger partial charge on any atom is 0.315 e. The van der Waals surface area contributed by atoms with Crippen molar-refractivity contribution in [1.82, 2.24) is 20.4 Å². The Kier molecular flexibility index (Phi) is 5.92. The molecule has 0 spiro atoms. The number of nitrogens with one attached hydrogen (secondary N) is 2. The molecule has 2 N–H and O–H groups in total. The zero-order valence-electron chi connectivity index (χ0n) is 13.5. The highest BCUT2D eigenvalue weighted by molar-refractivity contribution is 7.84. The number of benzene rings is 1. The number of aromatic nitrogens is 2. The molecule has 1 heterocycles. The normalized spacial score (nSPS) is 14.7. The number of carbonyl (C=O) groups is 1. The quantitative estimate of drug-likeness (QED) is 0.848. The van der Waals surface area contributed by atoms with Crippen LogP contribution in [0.1, 0.15) is 25.5 Å². The zero-order chi connectivity index (χ0) is 16.8. The lowest BCUT2D eigenvalue weighted by atomic mass is 10.1. The summed E-state index contributed by atoms with van der Waals surface area (Å²) < 4.78 is 13.0. The van der Waals surface area contributed by atoms with E-state index in [4.69, 9.17) is 0 Å². The summed E-state index contributed by atoms with van der Waals surface area (Å²) in [5, 5.41) is 9.96. The third kappa shape index (κ3) is 4.92. The first-order valence-corrected chi connectivity index (χ1v) is 9.16. The number of nitrogens with zero attached hydrogens (tertiary/aromatic N) is 2. The maximum absolute atomic E-state index is 12.1. The van der Waals surface area contributed by atoms with Crippen LogP contribution in [0.15, 0.2) is 42.7 Å². The first-order valence-electron chi connectivity index (χ1n) is 7.43. The Bertz CT molecular complexity index is 672. The maximum atomic E-state index is 12.1. The van der Waals surface area contributed by atoms with Gasteiger partial charge in [-0.25, -0.2) is 9.48 Å². The minimum atomic E-state index is -0.939. The van der Waals surface area contributed by atoms with E-state index in [2.05, 4.69) is 15.7 Å². The van der Waals surface area contributed by atoms with Crippen molar-refractivity contribution in [2.75, 3.05) is 12.0 Å². The van der Waals surface area contributed by atoms with Crippen LogP contribution in [-0.2, 0) is 10.8 Å². The van der Waals surface area contributed by atoms with E-state index >= 15 is 0 Å². The fourth-order valence-corrected chi connectivity index (χ4v) is 3.19. The molecule has 124 valence electrons. The summed E-state index contributed by atoms with van der Waals surface area (Å²) in [5.41, 5.74) is 1.89. The van der Waals surface area contributed by atoms with Gasteiger partial charge in [0.2, 0.25) is 0 Å². The third-order valence-corrected chi connectivity index (χ3v) is 4.33. The Labute approximate surface area is 138 Å². The molecule has 2 amide bonds. The second kappa shape index (κ2) is 7.92. The predicted molar refractivity (Wildman–Crippen MR) is 92.0 cm³/mol. The molecule has 7 heteroatoms. The van der Waals surface area contributed by atoms with Gasteiger partial charge in [-0.3, -0.25) is 4.21 Å². The standard InChI is InChI=1S/C16H22N4O2S/c1-12(11-23(3)22)18-16(21)19-13(2)14-7-4-5-8-15(14)20-10-6-9-17-20/h4-10,12-13H,11H2,1-3H3,(H2,18,19,21)/t12-,13-,23-/m1/s1. The molecule has 0 saturated carbocycles. The lowest BCUT2D eigenvalue weighted by Crippen LogP contribution is -2.43. The summed E-state index contributed by atoms with van der Waals surface area (Å²) in [6.07, 6.45) is 5.21. The number of rotatable bonds is 6. The number of carbonyl (C=O) groups excluding carboxylic acids is 1. The molecule has 0 fully saturated rings. The van der Waals surface area contributed by atoms with Gasteiger partial charge < -0.3 is 10.6 Å². The minimum absolute atomic E-state index is 0.144. The highest BCUT2D eigenvalue weighted by Crippen LogP contribution is 2.20. The molecule has 1 aromatic carbocycles. The Morgan fingerprint density at radius 2 is 2.00 bits per heavy atom. The van der Waals surface area contributed by atoms with E-state index in [0.29, 0.717) is 5.75 Å². The van der Waals surface area contributed by atoms with Gasteiger partial charge in [-0.1, -0.05) is 18.2 Å². The average Bonchev–Trinajstić information content (AvgIpc) is 3.00. The molecule has 2 rings (SSSR count). The zero-order valence-corrected chi connectivity index (χ0v) is 14.3. The summed E-state index contributed by atoms with van der Waals surface area (Å²) in [4.78, 5) is 12.1. The smallest absolute Gasteiger partial charge is 0.315 e. The van der Waals surface area contributed by atoms with E-state index in [9.17, 15) is 9.00 Å². The molecule has 1 aromatic heterocycles. The average molecular weight is 334 g/mol. The van der Waals surface area contributed by atoms with Crippen LogP contribution in [0.25, 0.3) is 5.69 Å². The van der Waals surface area contributed by atoms with Crippen LogP contribution >= 0.6 is 0 Å². The Balaban J connectivity index is 2.05. The van der Waals surface area contributed by atoms with Crippen LogP contribution in [0.4, 0.5) is 4.79 Å². The first kappa shape index (κ1) is 17.2. The van der Waals surface area contributed by atoms with E-state index in [-0.39, 0.29) is 18.1 Å². The van der Waals surface area contributed by atoms with Gasteiger partial charge >= 0.3 is 6.03 Å². The van der Waals surface area contributed by atoms with Gasteiger partial charge in [-0.2, -0.15) is 5.10 Å². The Morgan fingerprint density at radius 1 is 1.26 bits per heavy atom. The molecule has 0 unspecified atom stereocenters. The molecule has 2 aromatic rings. The molecule has 0 aliphatic heterocycles. The number of hydrogen-bond acceptors (Lipinski definition) is 3. The van der Waals surface area contributed by atoms with Crippen LogP contribution in [0.2, 0.25) is 0 Å². The molecule has 0 bridgehead atoms. The topological polar surface area (TPSA) is 76.0 Å². The molecule has 6 nitrogen and oxygen atoms in total. The fourth-order valence-electron chi connectivity index (χ4n) is 2.41. The lowest BCUT2D eigenvalue weighted by Gasteiger charge is -2.20. The lowest BCUT2D eigenvalue weighted by molar-refractivity contribution is 0.235. The van der Waals surface area contributed by atoms with E-state index in [1.165, 1.54) is 0 Å². The van der Waals surface area contributed by atoms with E-state index < -0.39 is 10.8 Å². The number of para-hydroxylation sites is 1. The number of urea groups is 1. The van der Waals surface area contributed by atoms with Crippen molar-refractivity contribution in [3.63, 3.8) is 0 Å². The van der Waals surface area contributed by atoms with Gasteiger partial charge in [-0.05, 0) is 31.5 Å². The predicted octanol–water partition coefficient (Wildman–Crippen LogP) is 2.00. The highest BCUT2D eigenvalue weighted by atomic mass is 32.2. The molecule has 0 aliphatic carbocycles. The molecule has 0 aliphatic rings. The van der Waals surface area contributed by atoms with Crippen molar-refractivity contribution in [3.05, 3.63) is 48.3 Å². The second-order valence-corrected chi connectivity index (χ2v) is 6.97. The van der Waals surface area contributed by atoms with Gasteiger partial charge in [0.1, 0.15) is 0 Å². The minimum Gasteiger partial charge on any atom is -0.335 e. The van der Waals surface area contributed by atoms with Crippen molar-refractivity contribution < 1.29 is 9.00 Å².